The fraction of sp³-hybridized carbons (Fsp3) is 0.625. The Labute approximate surface area is 115 Å². The van der Waals surface area contributed by atoms with Crippen LogP contribution >= 0.6 is 0 Å². The molecule has 1 fully saturated rings. The number of nitrogens with one attached hydrogen (secondary N) is 1. The molecule has 0 saturated heterocycles. The van der Waals surface area contributed by atoms with E-state index in [-0.39, 0.29) is 11.9 Å². The van der Waals surface area contributed by atoms with Crippen molar-refractivity contribution < 1.29 is 9.13 Å². The van der Waals surface area contributed by atoms with Crippen molar-refractivity contribution in [1.29, 1.82) is 0 Å². The summed E-state index contributed by atoms with van der Waals surface area (Å²) < 4.78 is 19.2. The lowest BCUT2D eigenvalue weighted by atomic mass is 9.97. The van der Waals surface area contributed by atoms with Gasteiger partial charge in [-0.15, -0.1) is 0 Å². The Morgan fingerprint density at radius 1 is 1.21 bits per heavy atom. The number of hydrogen-bond acceptors (Lipinski definition) is 2. The molecule has 0 amide bonds. The van der Waals surface area contributed by atoms with Gasteiger partial charge in [-0.25, -0.2) is 4.39 Å². The van der Waals surface area contributed by atoms with Crippen LogP contribution in [0.5, 0.6) is 0 Å². The minimum absolute atomic E-state index is 0.0312. The maximum absolute atomic E-state index is 13.0. The van der Waals surface area contributed by atoms with Crippen LogP contribution < -0.4 is 5.32 Å². The molecule has 0 aromatic heterocycles. The molecule has 2 rings (SSSR count). The molecule has 2 nitrogen and oxygen atoms in total. The van der Waals surface area contributed by atoms with Crippen LogP contribution in [0.15, 0.2) is 24.3 Å². The van der Waals surface area contributed by atoms with E-state index in [1.807, 2.05) is 12.1 Å². The molecule has 1 unspecified atom stereocenters. The van der Waals surface area contributed by atoms with E-state index in [4.69, 9.17) is 4.74 Å². The molecule has 0 radical (unpaired) electrons. The summed E-state index contributed by atoms with van der Waals surface area (Å²) in [5.41, 5.74) is 1.06. The maximum Gasteiger partial charge on any atom is 0.123 e. The quantitative estimate of drug-likeness (QED) is 0.844. The molecule has 106 valence electrons. The maximum atomic E-state index is 13.0. The van der Waals surface area contributed by atoms with Crippen molar-refractivity contribution in [2.24, 2.45) is 0 Å². The second-order valence-corrected chi connectivity index (χ2v) is 5.24. The number of hydrogen-bond donors (Lipinski definition) is 1. The minimum Gasteiger partial charge on any atom is -0.369 e. The van der Waals surface area contributed by atoms with Gasteiger partial charge in [0.25, 0.3) is 0 Å². The van der Waals surface area contributed by atoms with Crippen LogP contribution in [0.2, 0.25) is 0 Å². The summed E-state index contributed by atoms with van der Waals surface area (Å²) in [6, 6.07) is 6.69. The summed E-state index contributed by atoms with van der Waals surface area (Å²) in [6.45, 7) is 3.80. The molecule has 3 heteroatoms. The van der Waals surface area contributed by atoms with Crippen molar-refractivity contribution in [2.75, 3.05) is 13.1 Å². The second kappa shape index (κ2) is 7.61. The highest BCUT2D eigenvalue weighted by molar-refractivity contribution is 5.19. The summed E-state index contributed by atoms with van der Waals surface area (Å²) >= 11 is 0. The fourth-order valence-electron chi connectivity index (χ4n) is 2.63. The summed E-state index contributed by atoms with van der Waals surface area (Å²) in [4.78, 5) is 0. The number of likely N-dealkylation sites (N-methyl/N-ethyl adjacent to an activating group) is 1. The average molecular weight is 265 g/mol. The van der Waals surface area contributed by atoms with Crippen LogP contribution in [0, 0.1) is 5.82 Å². The highest BCUT2D eigenvalue weighted by Crippen LogP contribution is 2.26. The smallest absolute Gasteiger partial charge is 0.123 e. The number of ether oxygens (including phenoxy) is 1. The Hall–Kier alpha value is -0.930. The Bertz CT molecular complexity index is 360. The van der Waals surface area contributed by atoms with Gasteiger partial charge < -0.3 is 10.1 Å². The van der Waals surface area contributed by atoms with Crippen molar-refractivity contribution in [1.82, 2.24) is 5.32 Å². The molecular formula is C16H24FNO. The fourth-order valence-corrected chi connectivity index (χ4v) is 2.63. The summed E-state index contributed by atoms with van der Waals surface area (Å²) in [5, 5.41) is 3.33. The second-order valence-electron chi connectivity index (χ2n) is 5.24. The molecule has 1 aromatic rings. The Kier molecular flexibility index (Phi) is 5.80. The van der Waals surface area contributed by atoms with Gasteiger partial charge in [-0.05, 0) is 37.1 Å². The summed E-state index contributed by atoms with van der Waals surface area (Å²) in [7, 11) is 0. The standard InChI is InChI=1S/C16H24FNO/c1-2-18-12-16(13-8-10-14(17)11-9-13)19-15-6-4-3-5-7-15/h8-11,15-16,18H,2-7,12H2,1H3. The highest BCUT2D eigenvalue weighted by atomic mass is 19.1. The van der Waals surface area contributed by atoms with E-state index in [2.05, 4.69) is 12.2 Å². The topological polar surface area (TPSA) is 21.3 Å². The van der Waals surface area contributed by atoms with E-state index >= 15 is 0 Å². The van der Waals surface area contributed by atoms with Gasteiger partial charge >= 0.3 is 0 Å². The molecule has 1 aliphatic rings. The third-order valence-corrected chi connectivity index (χ3v) is 3.73. The SMILES string of the molecule is CCNCC(OC1CCCCC1)c1ccc(F)cc1. The van der Waals surface area contributed by atoms with E-state index in [9.17, 15) is 4.39 Å². The van der Waals surface area contributed by atoms with Crippen LogP contribution in [0.1, 0.15) is 50.7 Å². The molecule has 0 bridgehead atoms. The van der Waals surface area contributed by atoms with Gasteiger partial charge in [0.1, 0.15) is 5.82 Å². The van der Waals surface area contributed by atoms with Gasteiger partial charge in [-0.2, -0.15) is 0 Å². The first-order chi connectivity index (χ1) is 9.29. The largest absolute Gasteiger partial charge is 0.369 e. The predicted molar refractivity (Wildman–Crippen MR) is 75.6 cm³/mol. The van der Waals surface area contributed by atoms with Gasteiger partial charge in [-0.1, -0.05) is 38.3 Å². The van der Waals surface area contributed by atoms with Crippen molar-refractivity contribution in [3.05, 3.63) is 35.6 Å². The van der Waals surface area contributed by atoms with Gasteiger partial charge in [0, 0.05) is 6.54 Å². The van der Waals surface area contributed by atoms with E-state index in [1.54, 1.807) is 0 Å². The van der Waals surface area contributed by atoms with Crippen LogP contribution in [0.25, 0.3) is 0 Å². The van der Waals surface area contributed by atoms with Crippen LogP contribution in [-0.4, -0.2) is 19.2 Å². The number of benzene rings is 1. The number of halogens is 1. The first kappa shape index (κ1) is 14.5. The van der Waals surface area contributed by atoms with Crippen molar-refractivity contribution >= 4 is 0 Å². The molecule has 19 heavy (non-hydrogen) atoms. The molecule has 0 aliphatic heterocycles. The molecule has 1 aliphatic carbocycles. The third-order valence-electron chi connectivity index (χ3n) is 3.73. The van der Waals surface area contributed by atoms with E-state index < -0.39 is 0 Å². The van der Waals surface area contributed by atoms with Gasteiger partial charge in [0.15, 0.2) is 0 Å². The van der Waals surface area contributed by atoms with Gasteiger partial charge in [-0.3, -0.25) is 0 Å². The van der Waals surface area contributed by atoms with E-state index in [0.717, 1.165) is 31.5 Å². The predicted octanol–water partition coefficient (Wildman–Crippen LogP) is 3.83. The zero-order valence-corrected chi connectivity index (χ0v) is 11.7. The van der Waals surface area contributed by atoms with Crippen LogP contribution in [0.3, 0.4) is 0 Å². The Morgan fingerprint density at radius 3 is 2.53 bits per heavy atom. The zero-order chi connectivity index (χ0) is 13.5. The normalized spacial score (nSPS) is 18.4. The lowest BCUT2D eigenvalue weighted by molar-refractivity contribution is -0.0304. The molecule has 1 saturated carbocycles. The van der Waals surface area contributed by atoms with Crippen molar-refractivity contribution in [2.45, 2.75) is 51.2 Å². The minimum atomic E-state index is -0.191. The first-order valence-electron chi connectivity index (χ1n) is 7.41. The van der Waals surface area contributed by atoms with Gasteiger partial charge in [0.05, 0.1) is 12.2 Å². The summed E-state index contributed by atoms with van der Waals surface area (Å²) in [5.74, 6) is -0.191. The Balaban J connectivity index is 1.99. The zero-order valence-electron chi connectivity index (χ0n) is 11.7. The lowest BCUT2D eigenvalue weighted by Crippen LogP contribution is -2.27. The van der Waals surface area contributed by atoms with Crippen LogP contribution in [-0.2, 0) is 4.74 Å². The molecular weight excluding hydrogens is 241 g/mol. The van der Waals surface area contributed by atoms with E-state index in [1.165, 1.54) is 31.4 Å². The Morgan fingerprint density at radius 2 is 1.89 bits per heavy atom. The third kappa shape index (κ3) is 4.59. The monoisotopic (exact) mass is 265 g/mol. The number of rotatable bonds is 6. The molecule has 0 heterocycles. The van der Waals surface area contributed by atoms with E-state index in [0.29, 0.717) is 6.10 Å². The molecule has 0 spiro atoms. The molecule has 1 atom stereocenters. The molecule has 1 N–H and O–H groups in total. The average Bonchev–Trinajstić information content (AvgIpc) is 2.45. The summed E-state index contributed by atoms with van der Waals surface area (Å²) in [6.07, 6.45) is 6.57. The first-order valence-corrected chi connectivity index (χ1v) is 7.41. The highest BCUT2D eigenvalue weighted by Gasteiger charge is 2.20. The van der Waals surface area contributed by atoms with Crippen molar-refractivity contribution in [3.63, 3.8) is 0 Å². The van der Waals surface area contributed by atoms with Crippen molar-refractivity contribution in [3.8, 4) is 0 Å². The van der Waals surface area contributed by atoms with Gasteiger partial charge in [0.2, 0.25) is 0 Å². The molecule has 1 aromatic carbocycles. The lowest BCUT2D eigenvalue weighted by Gasteiger charge is -2.28. The van der Waals surface area contributed by atoms with Crippen LogP contribution in [0.4, 0.5) is 4.39 Å².